The lowest BCUT2D eigenvalue weighted by Crippen LogP contribution is -2.45. The third-order valence-electron chi connectivity index (χ3n) is 4.24. The summed E-state index contributed by atoms with van der Waals surface area (Å²) in [5, 5.41) is 3.56. The van der Waals surface area contributed by atoms with Gasteiger partial charge in [0.05, 0.1) is 18.8 Å². The quantitative estimate of drug-likeness (QED) is 0.927. The summed E-state index contributed by atoms with van der Waals surface area (Å²) in [6, 6.07) is 8.20. The van der Waals surface area contributed by atoms with Crippen LogP contribution in [-0.2, 0) is 4.79 Å². The van der Waals surface area contributed by atoms with Gasteiger partial charge in [0.25, 0.3) is 0 Å². The first-order valence-corrected chi connectivity index (χ1v) is 8.73. The lowest BCUT2D eigenvalue weighted by molar-refractivity contribution is -0.119. The average Bonchev–Trinajstić information content (AvgIpc) is 2.89. The first-order valence-electron chi connectivity index (χ1n) is 7.58. The summed E-state index contributed by atoms with van der Waals surface area (Å²) < 4.78 is 5.37. The molecule has 21 heavy (non-hydrogen) atoms. The topological polar surface area (TPSA) is 41.6 Å². The number of nitrogens with zero attached hydrogens (tertiary/aromatic N) is 1. The van der Waals surface area contributed by atoms with Gasteiger partial charge < -0.3 is 15.0 Å². The number of hydrogen-bond acceptors (Lipinski definition) is 4. The predicted octanol–water partition coefficient (Wildman–Crippen LogP) is 2.29. The third kappa shape index (κ3) is 3.19. The number of rotatable bonds is 4. The summed E-state index contributed by atoms with van der Waals surface area (Å²) in [4.78, 5) is 14.5. The Labute approximate surface area is 130 Å². The maximum absolute atomic E-state index is 12.7. The van der Waals surface area contributed by atoms with Gasteiger partial charge in [-0.15, -0.1) is 0 Å². The summed E-state index contributed by atoms with van der Waals surface area (Å²) in [5.74, 6) is 3.35. The number of para-hydroxylation sites is 2. The van der Waals surface area contributed by atoms with Crippen molar-refractivity contribution in [3.63, 3.8) is 0 Å². The smallest absolute Gasteiger partial charge is 0.244 e. The second-order valence-corrected chi connectivity index (χ2v) is 6.78. The fourth-order valence-electron chi connectivity index (χ4n) is 3.08. The zero-order chi connectivity index (χ0) is 14.7. The average molecular weight is 306 g/mol. The van der Waals surface area contributed by atoms with Crippen LogP contribution in [0.3, 0.4) is 0 Å². The van der Waals surface area contributed by atoms with E-state index in [4.69, 9.17) is 4.74 Å². The fraction of sp³-hybridized carbons (Fsp3) is 0.562. The van der Waals surface area contributed by atoms with E-state index in [9.17, 15) is 4.79 Å². The van der Waals surface area contributed by atoms with Gasteiger partial charge in [0.2, 0.25) is 5.91 Å². The summed E-state index contributed by atoms with van der Waals surface area (Å²) in [6.07, 6.45) is 3.22. The molecule has 3 rings (SSSR count). The molecule has 2 aliphatic rings. The van der Waals surface area contributed by atoms with Crippen molar-refractivity contribution in [2.45, 2.75) is 31.3 Å². The molecule has 114 valence electrons. The highest BCUT2D eigenvalue weighted by Gasteiger charge is 2.35. The Kier molecular flexibility index (Phi) is 4.70. The number of anilines is 1. The van der Waals surface area contributed by atoms with E-state index >= 15 is 0 Å². The van der Waals surface area contributed by atoms with Crippen LogP contribution >= 0.6 is 11.8 Å². The van der Waals surface area contributed by atoms with Crippen LogP contribution in [0, 0.1) is 0 Å². The SMILES string of the molecule is COc1ccccc1N1CCC(NC2CCSCC2)C1=O. The molecule has 2 heterocycles. The van der Waals surface area contributed by atoms with Crippen molar-refractivity contribution < 1.29 is 9.53 Å². The zero-order valence-corrected chi connectivity index (χ0v) is 13.2. The molecule has 1 N–H and O–H groups in total. The largest absolute Gasteiger partial charge is 0.495 e. The molecular weight excluding hydrogens is 284 g/mol. The summed E-state index contributed by atoms with van der Waals surface area (Å²) in [5.41, 5.74) is 0.883. The van der Waals surface area contributed by atoms with E-state index in [0.717, 1.165) is 24.4 Å². The second kappa shape index (κ2) is 6.71. The summed E-state index contributed by atoms with van der Waals surface area (Å²) >= 11 is 2.01. The molecule has 0 aliphatic carbocycles. The molecule has 0 saturated carbocycles. The Morgan fingerprint density at radius 1 is 1.24 bits per heavy atom. The number of hydrogen-bond donors (Lipinski definition) is 1. The molecule has 2 aliphatic heterocycles. The van der Waals surface area contributed by atoms with Crippen molar-refractivity contribution in [3.8, 4) is 5.75 Å². The predicted molar refractivity (Wildman–Crippen MR) is 87.2 cm³/mol. The molecular formula is C16H22N2O2S. The number of amides is 1. The van der Waals surface area contributed by atoms with Crippen molar-refractivity contribution in [1.29, 1.82) is 0 Å². The molecule has 1 unspecified atom stereocenters. The monoisotopic (exact) mass is 306 g/mol. The first kappa shape index (κ1) is 14.7. The normalized spacial score (nSPS) is 23.6. The second-order valence-electron chi connectivity index (χ2n) is 5.56. The van der Waals surface area contributed by atoms with Gasteiger partial charge in [0, 0.05) is 12.6 Å². The van der Waals surface area contributed by atoms with Gasteiger partial charge in [0.15, 0.2) is 0 Å². The lowest BCUT2D eigenvalue weighted by Gasteiger charge is -2.26. The minimum atomic E-state index is -0.0389. The van der Waals surface area contributed by atoms with Crippen molar-refractivity contribution in [2.75, 3.05) is 30.1 Å². The Bertz CT molecular complexity index is 503. The molecule has 1 amide bonds. The van der Waals surface area contributed by atoms with Gasteiger partial charge in [-0.25, -0.2) is 0 Å². The number of carbonyl (C=O) groups excluding carboxylic acids is 1. The van der Waals surface area contributed by atoms with E-state index in [2.05, 4.69) is 5.32 Å². The number of methoxy groups -OCH3 is 1. The molecule has 4 nitrogen and oxygen atoms in total. The molecule has 0 bridgehead atoms. The maximum Gasteiger partial charge on any atom is 0.244 e. The van der Waals surface area contributed by atoms with Crippen LogP contribution < -0.4 is 15.0 Å². The van der Waals surface area contributed by atoms with E-state index in [-0.39, 0.29) is 11.9 Å². The first-order chi connectivity index (χ1) is 10.3. The van der Waals surface area contributed by atoms with E-state index in [1.165, 1.54) is 24.3 Å². The minimum absolute atomic E-state index is 0.0389. The van der Waals surface area contributed by atoms with Crippen LogP contribution in [0.15, 0.2) is 24.3 Å². The Balaban J connectivity index is 1.68. The number of carbonyl (C=O) groups is 1. The zero-order valence-electron chi connectivity index (χ0n) is 12.4. The third-order valence-corrected chi connectivity index (χ3v) is 5.29. The van der Waals surface area contributed by atoms with Gasteiger partial charge in [-0.3, -0.25) is 4.79 Å². The summed E-state index contributed by atoms with van der Waals surface area (Å²) in [6.45, 7) is 0.762. The summed E-state index contributed by atoms with van der Waals surface area (Å²) in [7, 11) is 1.65. The van der Waals surface area contributed by atoms with Crippen molar-refractivity contribution in [3.05, 3.63) is 24.3 Å². The van der Waals surface area contributed by atoms with Gasteiger partial charge in [-0.1, -0.05) is 12.1 Å². The highest BCUT2D eigenvalue weighted by Crippen LogP contribution is 2.31. The van der Waals surface area contributed by atoms with E-state index in [1.807, 2.05) is 40.9 Å². The fourth-order valence-corrected chi connectivity index (χ4v) is 4.18. The number of benzene rings is 1. The van der Waals surface area contributed by atoms with Crippen LogP contribution in [-0.4, -0.2) is 43.2 Å². The molecule has 5 heteroatoms. The van der Waals surface area contributed by atoms with Crippen LogP contribution in [0.5, 0.6) is 5.75 Å². The molecule has 0 spiro atoms. The van der Waals surface area contributed by atoms with E-state index in [0.29, 0.717) is 6.04 Å². The molecule has 1 atom stereocenters. The number of thioether (sulfide) groups is 1. The van der Waals surface area contributed by atoms with Crippen molar-refractivity contribution >= 4 is 23.4 Å². The molecule has 0 radical (unpaired) electrons. The minimum Gasteiger partial charge on any atom is -0.495 e. The van der Waals surface area contributed by atoms with Gasteiger partial charge in [-0.2, -0.15) is 11.8 Å². The highest BCUT2D eigenvalue weighted by atomic mass is 32.2. The molecule has 0 aromatic heterocycles. The van der Waals surface area contributed by atoms with Crippen molar-refractivity contribution in [2.24, 2.45) is 0 Å². The molecule has 1 aromatic rings. The van der Waals surface area contributed by atoms with E-state index in [1.54, 1.807) is 7.11 Å². The molecule has 1 aromatic carbocycles. The van der Waals surface area contributed by atoms with E-state index < -0.39 is 0 Å². The van der Waals surface area contributed by atoms with Gasteiger partial charge in [0.1, 0.15) is 5.75 Å². The Morgan fingerprint density at radius 3 is 2.76 bits per heavy atom. The Hall–Kier alpha value is -1.20. The highest BCUT2D eigenvalue weighted by molar-refractivity contribution is 7.99. The van der Waals surface area contributed by atoms with Crippen LogP contribution in [0.1, 0.15) is 19.3 Å². The Morgan fingerprint density at radius 2 is 2.00 bits per heavy atom. The van der Waals surface area contributed by atoms with Crippen molar-refractivity contribution in [1.82, 2.24) is 5.32 Å². The lowest BCUT2D eigenvalue weighted by atomic mass is 10.1. The van der Waals surface area contributed by atoms with Crippen LogP contribution in [0.25, 0.3) is 0 Å². The standard InChI is InChI=1S/C16H22N2O2S/c1-20-15-5-3-2-4-14(15)18-9-6-13(16(18)19)17-12-7-10-21-11-8-12/h2-5,12-13,17H,6-11H2,1H3. The number of nitrogens with one attached hydrogen (secondary N) is 1. The molecule has 2 fully saturated rings. The van der Waals surface area contributed by atoms with Crippen LogP contribution in [0.4, 0.5) is 5.69 Å². The van der Waals surface area contributed by atoms with Gasteiger partial charge >= 0.3 is 0 Å². The van der Waals surface area contributed by atoms with Gasteiger partial charge in [-0.05, 0) is 42.9 Å². The number of ether oxygens (including phenoxy) is 1. The molecule has 2 saturated heterocycles. The maximum atomic E-state index is 12.7. The van der Waals surface area contributed by atoms with Crippen LogP contribution in [0.2, 0.25) is 0 Å².